The molecule has 0 unspecified atom stereocenters. The Bertz CT molecular complexity index is 245. The predicted octanol–water partition coefficient (Wildman–Crippen LogP) is 1.97. The normalized spacial score (nSPS) is 10.6. The largest absolute Gasteiger partial charge is 0.469 e. The lowest BCUT2D eigenvalue weighted by molar-refractivity contribution is -0.114. The van der Waals surface area contributed by atoms with Crippen molar-refractivity contribution in [2.45, 2.75) is 13.3 Å². The number of rotatable bonds is 3. The second-order valence-electron chi connectivity index (χ2n) is 2.22. The molecule has 0 atom stereocenters. The Kier molecular flexibility index (Phi) is 2.66. The molecule has 1 rings (SSSR count). The van der Waals surface area contributed by atoms with Crippen LogP contribution < -0.4 is 0 Å². The minimum absolute atomic E-state index is 0.0717. The number of hydrogen-bond donors (Lipinski definition) is 0. The van der Waals surface area contributed by atoms with E-state index >= 15 is 0 Å². The summed E-state index contributed by atoms with van der Waals surface area (Å²) in [6, 6.07) is 3.57. The van der Waals surface area contributed by atoms with E-state index in [0.717, 1.165) is 0 Å². The monoisotopic (exact) mass is 150 g/mol. The van der Waals surface area contributed by atoms with Crippen LogP contribution in [0.5, 0.6) is 0 Å². The van der Waals surface area contributed by atoms with Crippen LogP contribution in [-0.4, -0.2) is 5.78 Å². The van der Waals surface area contributed by atoms with Gasteiger partial charge in [-0.2, -0.15) is 0 Å². The molecule has 0 bridgehead atoms. The molecule has 0 amide bonds. The number of carbonyl (C=O) groups is 1. The van der Waals surface area contributed by atoms with E-state index in [-0.39, 0.29) is 5.78 Å². The van der Waals surface area contributed by atoms with Crippen molar-refractivity contribution in [1.29, 1.82) is 0 Å². The molecule has 0 aliphatic rings. The molecule has 0 spiro atoms. The van der Waals surface area contributed by atoms with Crippen LogP contribution >= 0.6 is 0 Å². The maximum Gasteiger partial charge on any atom is 0.162 e. The lowest BCUT2D eigenvalue weighted by Gasteiger charge is -1.88. The average molecular weight is 150 g/mol. The number of hydrogen-bond acceptors (Lipinski definition) is 2. The van der Waals surface area contributed by atoms with Gasteiger partial charge in [0.05, 0.1) is 12.7 Å². The first kappa shape index (κ1) is 7.79. The standard InChI is InChI=1S/C9H10O2/c1-2-4-8(10)7-9-5-3-6-11-9/h2-6H,7H2,1H3/b4-2+. The summed E-state index contributed by atoms with van der Waals surface area (Å²) in [7, 11) is 0. The molecule has 0 fully saturated rings. The number of furan rings is 1. The first-order valence-electron chi connectivity index (χ1n) is 3.51. The van der Waals surface area contributed by atoms with Crippen molar-refractivity contribution in [3.05, 3.63) is 36.3 Å². The fourth-order valence-electron chi connectivity index (χ4n) is 0.830. The Morgan fingerprint density at radius 2 is 2.55 bits per heavy atom. The summed E-state index contributed by atoms with van der Waals surface area (Å²) in [6.07, 6.45) is 5.20. The van der Waals surface area contributed by atoms with Crippen molar-refractivity contribution in [3.63, 3.8) is 0 Å². The van der Waals surface area contributed by atoms with Crippen LogP contribution in [0, 0.1) is 0 Å². The van der Waals surface area contributed by atoms with E-state index in [1.165, 1.54) is 0 Å². The summed E-state index contributed by atoms with van der Waals surface area (Å²) in [6.45, 7) is 1.82. The predicted molar refractivity (Wildman–Crippen MR) is 42.2 cm³/mol. The van der Waals surface area contributed by atoms with Crippen molar-refractivity contribution >= 4 is 5.78 Å². The van der Waals surface area contributed by atoms with Crippen LogP contribution in [0.2, 0.25) is 0 Å². The zero-order valence-electron chi connectivity index (χ0n) is 6.41. The van der Waals surface area contributed by atoms with Gasteiger partial charge in [-0.1, -0.05) is 6.08 Å². The highest BCUT2D eigenvalue weighted by atomic mass is 16.3. The number of ketones is 1. The molecular weight excluding hydrogens is 140 g/mol. The lowest BCUT2D eigenvalue weighted by atomic mass is 10.2. The van der Waals surface area contributed by atoms with Gasteiger partial charge in [0.2, 0.25) is 0 Å². The Labute approximate surface area is 65.5 Å². The highest BCUT2D eigenvalue weighted by Crippen LogP contribution is 2.01. The van der Waals surface area contributed by atoms with Crippen LogP contribution in [0.15, 0.2) is 35.0 Å². The molecule has 0 saturated heterocycles. The summed E-state index contributed by atoms with van der Waals surface area (Å²) in [5.41, 5.74) is 0. The van der Waals surface area contributed by atoms with Gasteiger partial charge in [0.25, 0.3) is 0 Å². The lowest BCUT2D eigenvalue weighted by Crippen LogP contribution is -1.95. The van der Waals surface area contributed by atoms with Crippen LogP contribution in [0.25, 0.3) is 0 Å². The molecule has 0 aliphatic carbocycles. The van der Waals surface area contributed by atoms with Gasteiger partial charge in [-0.25, -0.2) is 0 Å². The molecule has 0 aliphatic heterocycles. The Balaban J connectivity index is 2.50. The van der Waals surface area contributed by atoms with Crippen molar-refractivity contribution in [2.24, 2.45) is 0 Å². The van der Waals surface area contributed by atoms with E-state index in [9.17, 15) is 4.79 Å². The van der Waals surface area contributed by atoms with Gasteiger partial charge in [-0.3, -0.25) is 4.79 Å². The first-order valence-corrected chi connectivity index (χ1v) is 3.51. The van der Waals surface area contributed by atoms with Gasteiger partial charge in [0.15, 0.2) is 5.78 Å². The zero-order valence-corrected chi connectivity index (χ0v) is 6.41. The highest BCUT2D eigenvalue weighted by molar-refractivity contribution is 5.90. The molecule has 0 N–H and O–H groups in total. The van der Waals surface area contributed by atoms with Crippen molar-refractivity contribution in [1.82, 2.24) is 0 Å². The van der Waals surface area contributed by atoms with Crippen molar-refractivity contribution < 1.29 is 9.21 Å². The quantitative estimate of drug-likeness (QED) is 0.616. The Morgan fingerprint density at radius 1 is 1.73 bits per heavy atom. The maximum atomic E-state index is 11.0. The van der Waals surface area contributed by atoms with E-state index in [4.69, 9.17) is 4.42 Å². The average Bonchev–Trinajstić information content (AvgIpc) is 2.40. The van der Waals surface area contributed by atoms with E-state index in [2.05, 4.69) is 0 Å². The highest BCUT2D eigenvalue weighted by Gasteiger charge is 2.00. The van der Waals surface area contributed by atoms with Gasteiger partial charge in [-0.05, 0) is 25.1 Å². The third-order valence-corrected chi connectivity index (χ3v) is 1.28. The molecule has 0 saturated carbocycles. The van der Waals surface area contributed by atoms with Gasteiger partial charge in [-0.15, -0.1) is 0 Å². The smallest absolute Gasteiger partial charge is 0.162 e. The van der Waals surface area contributed by atoms with Crippen LogP contribution in [-0.2, 0) is 11.2 Å². The molecule has 58 valence electrons. The van der Waals surface area contributed by atoms with E-state index in [0.29, 0.717) is 12.2 Å². The third-order valence-electron chi connectivity index (χ3n) is 1.28. The molecule has 0 radical (unpaired) electrons. The second kappa shape index (κ2) is 3.76. The fourth-order valence-corrected chi connectivity index (χ4v) is 0.830. The second-order valence-corrected chi connectivity index (χ2v) is 2.22. The van der Waals surface area contributed by atoms with E-state index in [1.54, 1.807) is 30.5 Å². The molecule has 1 aromatic heterocycles. The number of allylic oxidation sites excluding steroid dienone is 2. The molecule has 0 aromatic carbocycles. The Hall–Kier alpha value is -1.31. The van der Waals surface area contributed by atoms with Gasteiger partial charge < -0.3 is 4.42 Å². The zero-order chi connectivity index (χ0) is 8.10. The fraction of sp³-hybridized carbons (Fsp3) is 0.222. The van der Waals surface area contributed by atoms with Crippen LogP contribution in [0.3, 0.4) is 0 Å². The minimum Gasteiger partial charge on any atom is -0.469 e. The topological polar surface area (TPSA) is 30.2 Å². The molecule has 1 heterocycles. The molecule has 2 nitrogen and oxygen atoms in total. The summed E-state index contributed by atoms with van der Waals surface area (Å²) < 4.78 is 5.00. The Morgan fingerprint density at radius 3 is 3.09 bits per heavy atom. The minimum atomic E-state index is 0.0717. The molecule has 1 aromatic rings. The summed E-state index contributed by atoms with van der Waals surface area (Å²) >= 11 is 0. The van der Waals surface area contributed by atoms with Gasteiger partial charge in [0, 0.05) is 0 Å². The van der Waals surface area contributed by atoms with Gasteiger partial charge in [0.1, 0.15) is 5.76 Å². The molecular formula is C9H10O2. The van der Waals surface area contributed by atoms with Gasteiger partial charge >= 0.3 is 0 Å². The third kappa shape index (κ3) is 2.42. The first-order chi connectivity index (χ1) is 5.33. The summed E-state index contributed by atoms with van der Waals surface area (Å²) in [5.74, 6) is 0.788. The number of carbonyl (C=O) groups excluding carboxylic acids is 1. The van der Waals surface area contributed by atoms with E-state index in [1.807, 2.05) is 6.92 Å². The van der Waals surface area contributed by atoms with Crippen molar-refractivity contribution in [3.8, 4) is 0 Å². The van der Waals surface area contributed by atoms with Crippen LogP contribution in [0.1, 0.15) is 12.7 Å². The van der Waals surface area contributed by atoms with Crippen molar-refractivity contribution in [2.75, 3.05) is 0 Å². The van der Waals surface area contributed by atoms with Crippen LogP contribution in [0.4, 0.5) is 0 Å². The SMILES string of the molecule is C/C=C/C(=O)Cc1ccco1. The van der Waals surface area contributed by atoms with E-state index < -0.39 is 0 Å². The summed E-state index contributed by atoms with van der Waals surface area (Å²) in [5, 5.41) is 0. The maximum absolute atomic E-state index is 11.0. The molecule has 11 heavy (non-hydrogen) atoms. The molecule has 2 heteroatoms. The summed E-state index contributed by atoms with van der Waals surface area (Å²) in [4.78, 5) is 11.0.